The number of likely N-dealkylation sites (N-methyl/N-ethyl adjacent to an activating group) is 1. The van der Waals surface area contributed by atoms with Crippen LogP contribution in [0.5, 0.6) is 0 Å². The van der Waals surface area contributed by atoms with Gasteiger partial charge in [-0.3, -0.25) is 0 Å². The highest BCUT2D eigenvalue weighted by molar-refractivity contribution is 5.85. The fourth-order valence-corrected chi connectivity index (χ4v) is 0.656. The van der Waals surface area contributed by atoms with E-state index in [4.69, 9.17) is 0 Å². The number of hydrogen-bond acceptors (Lipinski definition) is 3. The lowest BCUT2D eigenvalue weighted by atomic mass is 10.4. The zero-order chi connectivity index (χ0) is 9.72. The smallest absolute Gasteiger partial charge is 0.404 e. The molecule has 0 bridgehead atoms. The van der Waals surface area contributed by atoms with E-state index in [9.17, 15) is 4.79 Å². The maximum Gasteiger partial charge on any atom is 0.404 e. The van der Waals surface area contributed by atoms with E-state index in [1.54, 1.807) is 18.1 Å². The van der Waals surface area contributed by atoms with Crippen LogP contribution in [0.2, 0.25) is 0 Å². The minimum Gasteiger partial charge on any atom is -0.461 e. The van der Waals surface area contributed by atoms with E-state index in [0.29, 0.717) is 5.70 Å². The van der Waals surface area contributed by atoms with Crippen LogP contribution < -0.4 is 0 Å². The number of nitrogens with zero attached hydrogens (tertiary/aromatic N) is 2. The van der Waals surface area contributed by atoms with Crippen LogP contribution in [0.4, 0.5) is 0 Å². The zero-order valence-corrected chi connectivity index (χ0v) is 8.00. The number of esters is 1. The van der Waals surface area contributed by atoms with Gasteiger partial charge in [0, 0.05) is 14.1 Å². The third kappa shape index (κ3) is 3.18. The van der Waals surface area contributed by atoms with Crippen LogP contribution in [0.3, 0.4) is 0 Å². The molecule has 0 aliphatic heterocycles. The first kappa shape index (κ1) is 10.7. The maximum absolute atomic E-state index is 11.1. The molecule has 0 radical (unpaired) electrons. The monoisotopic (exact) mass is 171 g/mol. The lowest BCUT2D eigenvalue weighted by Gasteiger charge is -2.05. The van der Waals surface area contributed by atoms with Crippen LogP contribution in [0.25, 0.3) is 0 Å². The molecule has 0 aromatic heterocycles. The highest BCUT2D eigenvalue weighted by Crippen LogP contribution is 1.97. The molecule has 0 heterocycles. The molecule has 0 aromatic carbocycles. The predicted octanol–water partition coefficient (Wildman–Crippen LogP) is -0.0947. The number of rotatable bonds is 3. The van der Waals surface area contributed by atoms with Gasteiger partial charge in [-0.05, 0) is 0 Å². The first-order valence-electron chi connectivity index (χ1n) is 3.49. The third-order valence-electron chi connectivity index (χ3n) is 1.19. The van der Waals surface area contributed by atoms with E-state index in [2.05, 4.69) is 11.5 Å². The molecule has 4 heteroatoms. The van der Waals surface area contributed by atoms with Crippen LogP contribution in [-0.4, -0.2) is 50.4 Å². The van der Waals surface area contributed by atoms with Crippen molar-refractivity contribution in [2.45, 2.75) is 0 Å². The van der Waals surface area contributed by atoms with Gasteiger partial charge in [0.1, 0.15) is 13.8 Å². The topological polar surface area (TPSA) is 32.5 Å². The maximum atomic E-state index is 11.1. The molecule has 0 saturated carbocycles. The summed E-state index contributed by atoms with van der Waals surface area (Å²) in [5, 5.41) is 0. The molecule has 0 spiro atoms. The Kier molecular flexibility index (Phi) is 4.04. The molecule has 0 amide bonds. The highest BCUT2D eigenvalue weighted by atomic mass is 16.5. The summed E-state index contributed by atoms with van der Waals surface area (Å²) in [6, 6.07) is 0. The highest BCUT2D eigenvalue weighted by Gasteiger charge is 2.18. The van der Waals surface area contributed by atoms with Crippen molar-refractivity contribution < 1.29 is 14.1 Å². The van der Waals surface area contributed by atoms with Crippen molar-refractivity contribution in [2.75, 3.05) is 28.3 Å². The molecular formula is C8H15N2O2+. The first-order valence-corrected chi connectivity index (χ1v) is 3.49. The third-order valence-corrected chi connectivity index (χ3v) is 1.19. The van der Waals surface area contributed by atoms with Gasteiger partial charge >= 0.3 is 11.7 Å². The van der Waals surface area contributed by atoms with Gasteiger partial charge < -0.3 is 9.64 Å². The van der Waals surface area contributed by atoms with E-state index in [1.165, 1.54) is 11.7 Å². The predicted molar refractivity (Wildman–Crippen MR) is 47.1 cm³/mol. The van der Waals surface area contributed by atoms with Crippen molar-refractivity contribution in [1.29, 1.82) is 0 Å². The molecule has 68 valence electrons. The van der Waals surface area contributed by atoms with Gasteiger partial charge in [-0.25, -0.2) is 9.37 Å². The van der Waals surface area contributed by atoms with Crippen LogP contribution in [-0.2, 0) is 9.53 Å². The summed E-state index contributed by atoms with van der Waals surface area (Å²) in [6.45, 7) is 3.60. The van der Waals surface area contributed by atoms with Gasteiger partial charge in [-0.2, -0.15) is 0 Å². The van der Waals surface area contributed by atoms with Gasteiger partial charge in [-0.15, -0.1) is 0 Å². The zero-order valence-electron chi connectivity index (χ0n) is 8.00. The molecule has 0 unspecified atom stereocenters. The molecule has 0 fully saturated rings. The fourth-order valence-electron chi connectivity index (χ4n) is 0.656. The molecule has 0 atom stereocenters. The summed E-state index contributed by atoms with van der Waals surface area (Å²) in [5.74, 6) is -0.388. The largest absolute Gasteiger partial charge is 0.461 e. The second kappa shape index (κ2) is 4.54. The standard InChI is InChI=1S/C8H15N2O2/c1-9(2)6-7(10(3)4)8(11)12-5/h6H,3H2,1-2,4-5H3/q+1. The molecule has 0 N–H and O–H groups in total. The minimum absolute atomic E-state index is 0.388. The molecule has 12 heavy (non-hydrogen) atoms. The summed E-state index contributed by atoms with van der Waals surface area (Å²) in [5.41, 5.74) is 0.419. The summed E-state index contributed by atoms with van der Waals surface area (Å²) in [7, 11) is 6.68. The van der Waals surface area contributed by atoms with Crippen LogP contribution >= 0.6 is 0 Å². The molecule has 0 saturated heterocycles. The number of ether oxygens (including phenoxy) is 1. The molecule has 4 nitrogen and oxygen atoms in total. The van der Waals surface area contributed by atoms with Crippen LogP contribution in [0.1, 0.15) is 0 Å². The Bertz CT molecular complexity index is 219. The van der Waals surface area contributed by atoms with E-state index in [1.807, 2.05) is 14.1 Å². The Morgan fingerprint density at radius 1 is 1.58 bits per heavy atom. The van der Waals surface area contributed by atoms with Crippen LogP contribution in [0, 0.1) is 0 Å². The van der Waals surface area contributed by atoms with Crippen molar-refractivity contribution in [3.63, 3.8) is 0 Å². The SMILES string of the molecule is C=[N+](C)C(=CN(C)C)C(=O)OC. The lowest BCUT2D eigenvalue weighted by molar-refractivity contribution is -0.431. The van der Waals surface area contributed by atoms with E-state index in [0.717, 1.165) is 0 Å². The minimum atomic E-state index is -0.388. The molecular weight excluding hydrogens is 156 g/mol. The van der Waals surface area contributed by atoms with Gasteiger partial charge in [0.05, 0.1) is 13.3 Å². The molecule has 0 aromatic rings. The Morgan fingerprint density at radius 3 is 2.33 bits per heavy atom. The fraction of sp³-hybridized carbons (Fsp3) is 0.500. The van der Waals surface area contributed by atoms with E-state index >= 15 is 0 Å². The van der Waals surface area contributed by atoms with E-state index < -0.39 is 0 Å². The quantitative estimate of drug-likeness (QED) is 0.257. The average Bonchev–Trinajstić information content (AvgIpc) is 1.98. The normalized spacial score (nSPS) is 10.8. The summed E-state index contributed by atoms with van der Waals surface area (Å²) in [4.78, 5) is 12.8. The number of hydrogen-bond donors (Lipinski definition) is 0. The Hall–Kier alpha value is -1.32. The Labute approximate surface area is 72.7 Å². The van der Waals surface area contributed by atoms with Gasteiger partial charge in [0.25, 0.3) is 0 Å². The molecule has 0 rings (SSSR count). The van der Waals surface area contributed by atoms with Crippen molar-refractivity contribution in [3.8, 4) is 0 Å². The van der Waals surface area contributed by atoms with Crippen molar-refractivity contribution in [3.05, 3.63) is 11.9 Å². The van der Waals surface area contributed by atoms with Crippen molar-refractivity contribution in [1.82, 2.24) is 4.90 Å². The second-order valence-corrected chi connectivity index (χ2v) is 2.67. The van der Waals surface area contributed by atoms with Gasteiger partial charge in [-0.1, -0.05) is 0 Å². The average molecular weight is 171 g/mol. The van der Waals surface area contributed by atoms with Crippen molar-refractivity contribution in [2.24, 2.45) is 0 Å². The second-order valence-electron chi connectivity index (χ2n) is 2.67. The number of methoxy groups -OCH3 is 1. The molecule has 0 aliphatic rings. The van der Waals surface area contributed by atoms with Crippen LogP contribution in [0.15, 0.2) is 11.9 Å². The number of carbonyl (C=O) groups is 1. The Morgan fingerprint density at radius 2 is 2.08 bits per heavy atom. The lowest BCUT2D eigenvalue weighted by Crippen LogP contribution is -2.18. The van der Waals surface area contributed by atoms with E-state index in [-0.39, 0.29) is 5.97 Å². The van der Waals surface area contributed by atoms with Gasteiger partial charge in [0.15, 0.2) is 0 Å². The summed E-state index contributed by atoms with van der Waals surface area (Å²) in [6.07, 6.45) is 1.65. The van der Waals surface area contributed by atoms with Gasteiger partial charge in [0.2, 0.25) is 0 Å². The van der Waals surface area contributed by atoms with Crippen molar-refractivity contribution >= 4 is 12.7 Å². The Balaban J connectivity index is 4.67. The summed E-state index contributed by atoms with van der Waals surface area (Å²) >= 11 is 0. The number of carbonyl (C=O) groups excluding carboxylic acids is 1. The summed E-state index contributed by atoms with van der Waals surface area (Å²) < 4.78 is 6.02. The first-order chi connectivity index (χ1) is 5.49. The molecule has 0 aliphatic carbocycles.